The number of fused-ring (bicyclic) bond motifs is 11. The Morgan fingerprint density at radius 1 is 0.204 bits per heavy atom. The van der Waals surface area contributed by atoms with Gasteiger partial charge in [-0.05, 0) is 182 Å². The second-order valence-electron chi connectivity index (χ2n) is 30.6. The molecule has 0 atom stereocenters. The van der Waals surface area contributed by atoms with Gasteiger partial charge >= 0.3 is 0 Å². The number of aromatic nitrogens is 3. The maximum atomic E-state index is 2.59. The predicted molar refractivity (Wildman–Crippen MR) is 405 cm³/mol. The van der Waals surface area contributed by atoms with Crippen molar-refractivity contribution < 1.29 is 0 Å². The fraction of sp³-hybridized carbons (Fsp3) is 0.182. The Morgan fingerprint density at radius 2 is 0.441 bits per heavy atom. The molecule has 3 aromatic heterocycles. The topological polar surface area (TPSA) is 14.8 Å². The highest BCUT2D eigenvalue weighted by molar-refractivity contribution is 7.33. The number of hydrogen-bond acceptors (Lipinski definition) is 0. The van der Waals surface area contributed by atoms with Crippen molar-refractivity contribution >= 4 is 123 Å². The van der Waals surface area contributed by atoms with Crippen LogP contribution in [0.2, 0.25) is 0 Å². The van der Waals surface area contributed by atoms with Crippen LogP contribution < -0.4 is 41.5 Å². The van der Waals surface area contributed by atoms with Gasteiger partial charge in [-0.2, -0.15) is 0 Å². The van der Waals surface area contributed by atoms with Gasteiger partial charge in [0.05, 0.1) is 33.1 Å². The van der Waals surface area contributed by atoms with Crippen LogP contribution in [0.25, 0.3) is 82.5 Å². The third-order valence-corrected chi connectivity index (χ3v) is 31.1. The third kappa shape index (κ3) is 8.94. The van der Waals surface area contributed by atoms with E-state index in [9.17, 15) is 0 Å². The average molecular weight is 1240 g/mol. The molecule has 0 saturated carbocycles. The zero-order chi connectivity index (χ0) is 64.1. The normalized spacial score (nSPS) is 14.2. The number of benzene rings is 12. The summed E-state index contributed by atoms with van der Waals surface area (Å²) in [4.78, 5) is 0. The molecule has 456 valence electrons. The fourth-order valence-electron chi connectivity index (χ4n) is 16.1. The first-order chi connectivity index (χ1) is 44.6. The monoisotopic (exact) mass is 1240 g/mol. The van der Waals surface area contributed by atoms with Crippen molar-refractivity contribution in [3.63, 3.8) is 0 Å². The standard InChI is InChI=1S/C88H81N3Si2/c1-85(2,3)58-39-45-75-69(51-58)70-52-59(86(4,5)6)40-46-76(70)90(75)63-43-49-79-73(56-63)74-57-64(91-77-47-41-60(87(7,8)9)53-71(77)72-54-61(88(10,11)12)42-48-78(72)91)44-50-80(74)89(79)62-27-26-34-68(55-62)93(67-32-20-15-21-33-67)83-37-24-22-35-81(83)92(65-28-16-13-17-29-65,66-30-18-14-19-31-66)82-36-23-25-38-84(82)93/h13-57H,1-12H3. The van der Waals surface area contributed by atoms with E-state index in [1.54, 1.807) is 0 Å². The molecule has 0 fully saturated rings. The lowest BCUT2D eigenvalue weighted by Crippen LogP contribution is -2.93. The van der Waals surface area contributed by atoms with Crippen LogP contribution in [0, 0.1) is 0 Å². The second-order valence-corrected chi connectivity index (χ2v) is 38.0. The first-order valence-corrected chi connectivity index (χ1v) is 37.4. The maximum absolute atomic E-state index is 3.15. The van der Waals surface area contributed by atoms with E-state index in [-0.39, 0.29) is 21.7 Å². The van der Waals surface area contributed by atoms with Gasteiger partial charge in [-0.1, -0.05) is 259 Å². The van der Waals surface area contributed by atoms with Gasteiger partial charge in [0.25, 0.3) is 0 Å². The molecule has 0 bridgehead atoms. The molecule has 93 heavy (non-hydrogen) atoms. The van der Waals surface area contributed by atoms with Gasteiger partial charge < -0.3 is 13.7 Å². The van der Waals surface area contributed by atoms with Gasteiger partial charge in [0.2, 0.25) is 0 Å². The van der Waals surface area contributed by atoms with Crippen LogP contribution >= 0.6 is 0 Å². The first-order valence-electron chi connectivity index (χ1n) is 33.4. The molecule has 16 rings (SSSR count). The number of rotatable bonds is 7. The Hall–Kier alpha value is -9.53. The van der Waals surface area contributed by atoms with Crippen LogP contribution in [0.1, 0.15) is 105 Å². The van der Waals surface area contributed by atoms with Gasteiger partial charge in [0, 0.05) is 49.4 Å². The van der Waals surface area contributed by atoms with E-state index in [1.807, 2.05) is 0 Å². The second kappa shape index (κ2) is 21.0. The summed E-state index contributed by atoms with van der Waals surface area (Å²) in [5.74, 6) is 0. The molecule has 0 spiro atoms. The van der Waals surface area contributed by atoms with E-state index < -0.39 is 16.1 Å². The molecule has 4 heterocycles. The summed E-state index contributed by atoms with van der Waals surface area (Å²) >= 11 is 0. The van der Waals surface area contributed by atoms with Gasteiger partial charge in [-0.15, -0.1) is 0 Å². The molecule has 0 radical (unpaired) electrons. The lowest BCUT2D eigenvalue weighted by atomic mass is 9.85. The van der Waals surface area contributed by atoms with Gasteiger partial charge in [0.1, 0.15) is 0 Å². The molecule has 0 amide bonds. The smallest absolute Gasteiger partial charge is 0.179 e. The highest BCUT2D eigenvalue weighted by Crippen LogP contribution is 2.43. The summed E-state index contributed by atoms with van der Waals surface area (Å²) in [6.45, 7) is 27.9. The summed E-state index contributed by atoms with van der Waals surface area (Å²) < 4.78 is 7.64. The van der Waals surface area contributed by atoms with Gasteiger partial charge in [-0.3, -0.25) is 0 Å². The fourth-order valence-corrected chi connectivity index (χ4v) is 28.2. The summed E-state index contributed by atoms with van der Waals surface area (Å²) in [7, 11) is -6.07. The summed E-state index contributed by atoms with van der Waals surface area (Å²) in [6, 6.07) is 107. The molecule has 0 unspecified atom stereocenters. The molecule has 1 aliphatic heterocycles. The largest absolute Gasteiger partial charge is 0.309 e. The Kier molecular flexibility index (Phi) is 13.2. The Bertz CT molecular complexity index is 5040. The molecule has 5 heteroatoms. The van der Waals surface area contributed by atoms with Crippen LogP contribution in [0.15, 0.2) is 273 Å². The van der Waals surface area contributed by atoms with Crippen molar-refractivity contribution in [2.24, 2.45) is 0 Å². The molecule has 0 saturated heterocycles. The Balaban J connectivity index is 0.985. The minimum atomic E-state index is -3.15. The maximum Gasteiger partial charge on any atom is 0.179 e. The molecular weight excluding hydrogens is 1160 g/mol. The highest BCUT2D eigenvalue weighted by atomic mass is 28.3. The zero-order valence-electron chi connectivity index (χ0n) is 55.8. The van der Waals surface area contributed by atoms with Crippen LogP contribution in [0.5, 0.6) is 0 Å². The van der Waals surface area contributed by atoms with Crippen molar-refractivity contribution in [1.82, 2.24) is 13.7 Å². The quantitative estimate of drug-likeness (QED) is 0.141. The Morgan fingerprint density at radius 3 is 0.731 bits per heavy atom. The average Bonchev–Trinajstić information content (AvgIpc) is 1.45. The number of hydrogen-bond donors (Lipinski definition) is 0. The van der Waals surface area contributed by atoms with Crippen molar-refractivity contribution in [3.8, 4) is 17.1 Å². The predicted octanol–water partition coefficient (Wildman–Crippen LogP) is 17.2. The van der Waals surface area contributed by atoms with Crippen molar-refractivity contribution in [3.05, 3.63) is 295 Å². The van der Waals surface area contributed by atoms with E-state index >= 15 is 0 Å². The molecule has 0 N–H and O–H groups in total. The van der Waals surface area contributed by atoms with E-state index in [0.29, 0.717) is 0 Å². The van der Waals surface area contributed by atoms with Crippen molar-refractivity contribution in [1.29, 1.82) is 0 Å². The summed E-state index contributed by atoms with van der Waals surface area (Å²) in [5.41, 5.74) is 15.9. The van der Waals surface area contributed by atoms with Gasteiger partial charge in [-0.25, -0.2) is 0 Å². The van der Waals surface area contributed by atoms with Crippen molar-refractivity contribution in [2.75, 3.05) is 0 Å². The van der Waals surface area contributed by atoms with Crippen molar-refractivity contribution in [2.45, 2.75) is 105 Å². The van der Waals surface area contributed by atoms with Crippen LogP contribution in [0.4, 0.5) is 0 Å². The minimum absolute atomic E-state index is 0.0102. The lowest BCUT2D eigenvalue weighted by molar-refractivity contribution is 0.590. The molecular formula is C88H81N3Si2. The highest BCUT2D eigenvalue weighted by Gasteiger charge is 2.56. The molecule has 0 aliphatic carbocycles. The zero-order valence-corrected chi connectivity index (χ0v) is 57.8. The van der Waals surface area contributed by atoms with E-state index in [2.05, 4.69) is 370 Å². The Labute approximate surface area is 550 Å². The summed E-state index contributed by atoms with van der Waals surface area (Å²) in [5, 5.41) is 19.0. The molecule has 12 aromatic carbocycles. The number of nitrogens with zero attached hydrogens (tertiary/aromatic N) is 3. The first kappa shape index (κ1) is 58.6. The van der Waals surface area contributed by atoms with Crippen LogP contribution in [-0.2, 0) is 21.7 Å². The van der Waals surface area contributed by atoms with E-state index in [1.165, 1.54) is 129 Å². The molecule has 3 nitrogen and oxygen atoms in total. The third-order valence-electron chi connectivity index (χ3n) is 20.9. The van der Waals surface area contributed by atoms with Crippen LogP contribution in [-0.4, -0.2) is 29.8 Å². The SMILES string of the molecule is CC(C)(C)c1ccc2c(c1)c1cc(C(C)(C)C)ccc1n2-c1ccc2c(c1)c1cc(-n3c4ccc(C(C)(C)C)cc4c4cc(C(C)(C)C)ccc43)ccc1n2-c1cccc([Si]2(c3ccccc3)c3ccccc3[Si](c3ccccc3)(c3ccccc3)c3ccccc32)c1. The van der Waals surface area contributed by atoms with Gasteiger partial charge in [0.15, 0.2) is 16.1 Å². The van der Waals surface area contributed by atoms with Crippen LogP contribution in [0.3, 0.4) is 0 Å². The van der Waals surface area contributed by atoms with E-state index in [4.69, 9.17) is 0 Å². The molecule has 15 aromatic rings. The minimum Gasteiger partial charge on any atom is -0.309 e. The molecule has 1 aliphatic rings. The van der Waals surface area contributed by atoms with E-state index in [0.717, 1.165) is 17.1 Å². The summed E-state index contributed by atoms with van der Waals surface area (Å²) in [6.07, 6.45) is 0. The lowest BCUT2D eigenvalue weighted by Gasteiger charge is -2.48.